The molecular weight excluding hydrogens is 1060 g/mol. The predicted octanol–water partition coefficient (Wildman–Crippen LogP) is -7.43. The molecule has 28 N–H and O–H groups in total. The number of hydrogen-bond acceptors (Lipinski definition) is 16. The van der Waals surface area contributed by atoms with Gasteiger partial charge in [-0.15, -0.1) is 0 Å². The molecule has 0 unspecified atom stereocenters. The molecule has 0 aromatic rings. The van der Waals surface area contributed by atoms with Gasteiger partial charge in [-0.1, -0.05) is 13.8 Å². The van der Waals surface area contributed by atoms with E-state index in [1.54, 1.807) is 20.9 Å². The molecule has 1 saturated heterocycles. The molecule has 81 heavy (non-hydrogen) atoms. The second-order valence-electron chi connectivity index (χ2n) is 19.9. The van der Waals surface area contributed by atoms with Gasteiger partial charge in [0.1, 0.15) is 48.3 Å². The van der Waals surface area contributed by atoms with E-state index < -0.39 is 145 Å². The Kier molecular flexibility index (Phi) is 33.0. The number of amides is 11. The van der Waals surface area contributed by atoms with E-state index in [0.29, 0.717) is 38.6 Å². The van der Waals surface area contributed by atoms with Crippen LogP contribution in [0.2, 0.25) is 0 Å². The summed E-state index contributed by atoms with van der Waals surface area (Å²) >= 11 is 0. The number of nitrogens with two attached hydrogens (primary N) is 7. The van der Waals surface area contributed by atoms with Crippen molar-refractivity contribution in [2.45, 2.75) is 171 Å². The van der Waals surface area contributed by atoms with Crippen molar-refractivity contribution in [2.24, 2.45) is 46.1 Å². The van der Waals surface area contributed by atoms with E-state index in [4.69, 9.17) is 56.4 Å². The zero-order valence-electron chi connectivity index (χ0n) is 46.9. The van der Waals surface area contributed by atoms with Crippen LogP contribution in [0.25, 0.3) is 0 Å². The first-order valence-electron chi connectivity index (χ1n) is 27.0. The number of likely N-dealkylation sites (N-methyl/N-ethyl adjacent to an activating group) is 1. The minimum Gasteiger partial charge on any atom is -0.370 e. The molecule has 1 fully saturated rings. The van der Waals surface area contributed by atoms with Crippen LogP contribution in [-0.4, -0.2) is 182 Å². The number of rotatable bonds is 40. The van der Waals surface area contributed by atoms with Crippen LogP contribution in [0.15, 0.2) is 0 Å². The van der Waals surface area contributed by atoms with Gasteiger partial charge in [-0.2, -0.15) is 0 Å². The number of nitrogens with one attached hydrogen (secondary N) is 14. The van der Waals surface area contributed by atoms with Crippen LogP contribution in [-0.2, 0) is 52.7 Å². The molecule has 1 heterocycles. The monoisotopic (exact) mass is 1150 g/mol. The summed E-state index contributed by atoms with van der Waals surface area (Å²) in [6.45, 7) is 5.47. The fourth-order valence-corrected chi connectivity index (χ4v) is 8.48. The van der Waals surface area contributed by atoms with Crippen molar-refractivity contribution in [3.8, 4) is 0 Å². The number of carbonyl (C=O) groups is 11. The number of primary amides is 3. The minimum atomic E-state index is -1.58. The second-order valence-corrected chi connectivity index (χ2v) is 19.9. The summed E-state index contributed by atoms with van der Waals surface area (Å²) in [6.07, 6.45) is 0.449. The highest BCUT2D eigenvalue weighted by Gasteiger charge is 2.40. The summed E-state index contributed by atoms with van der Waals surface area (Å²) in [7, 11) is 1.56. The van der Waals surface area contributed by atoms with Gasteiger partial charge in [-0.3, -0.25) is 69.0 Å². The van der Waals surface area contributed by atoms with Gasteiger partial charge >= 0.3 is 0 Å². The number of carbonyl (C=O) groups excluding carboxylic acids is 11. The lowest BCUT2D eigenvalue weighted by atomic mass is 10.0. The molecule has 0 bridgehead atoms. The molecule has 0 aliphatic carbocycles. The molecular formula is C48H90N22O11. The van der Waals surface area contributed by atoms with Crippen LogP contribution in [0.3, 0.4) is 0 Å². The summed E-state index contributed by atoms with van der Waals surface area (Å²) in [5.41, 5.74) is 38.3. The number of likely N-dealkylation sites (tertiary alicyclic amines) is 1. The van der Waals surface area contributed by atoms with Crippen molar-refractivity contribution in [3.63, 3.8) is 0 Å². The lowest BCUT2D eigenvalue weighted by Crippen LogP contribution is -2.60. The molecule has 1 aliphatic rings. The topological polar surface area (TPSA) is 577 Å². The van der Waals surface area contributed by atoms with Gasteiger partial charge in [0, 0.05) is 39.0 Å². The first-order valence-corrected chi connectivity index (χ1v) is 27.0. The third-order valence-corrected chi connectivity index (χ3v) is 12.9. The maximum atomic E-state index is 14.4. The highest BCUT2D eigenvalue weighted by molar-refractivity contribution is 5.98. The lowest BCUT2D eigenvalue weighted by molar-refractivity contribution is -0.142. The average Bonchev–Trinajstić information content (AvgIpc) is 3.90. The maximum Gasteiger partial charge on any atom is 0.245 e. The molecule has 9 atom stereocenters. The maximum absolute atomic E-state index is 14.4. The number of unbranched alkanes of at least 4 members (excludes halogenated alkanes) is 1. The van der Waals surface area contributed by atoms with Crippen LogP contribution < -0.4 is 98.6 Å². The van der Waals surface area contributed by atoms with Crippen LogP contribution in [0.5, 0.6) is 0 Å². The molecule has 458 valence electrons. The van der Waals surface area contributed by atoms with E-state index in [2.05, 4.69) is 58.5 Å². The molecule has 0 aromatic heterocycles. The Labute approximate surface area is 471 Å². The fourth-order valence-electron chi connectivity index (χ4n) is 8.48. The van der Waals surface area contributed by atoms with E-state index in [-0.39, 0.29) is 89.0 Å². The highest BCUT2D eigenvalue weighted by Crippen LogP contribution is 2.21. The van der Waals surface area contributed by atoms with Gasteiger partial charge in [0.15, 0.2) is 17.9 Å². The Morgan fingerprint density at radius 3 is 1.31 bits per heavy atom. The third kappa shape index (κ3) is 28.1. The zero-order valence-corrected chi connectivity index (χ0v) is 46.9. The van der Waals surface area contributed by atoms with Gasteiger partial charge in [-0.25, -0.2) is 0 Å². The smallest absolute Gasteiger partial charge is 0.245 e. The Balaban J connectivity index is 3.56. The Hall–Kier alpha value is -8.10. The molecule has 33 heteroatoms. The molecule has 33 nitrogen and oxygen atoms in total. The predicted molar refractivity (Wildman–Crippen MR) is 298 cm³/mol. The summed E-state index contributed by atoms with van der Waals surface area (Å²) in [6, 6.07) is -11.4. The van der Waals surface area contributed by atoms with Crippen molar-refractivity contribution in [3.05, 3.63) is 0 Å². The Morgan fingerprint density at radius 2 is 0.889 bits per heavy atom. The van der Waals surface area contributed by atoms with Crippen molar-refractivity contribution >= 4 is 82.9 Å². The highest BCUT2D eigenvalue weighted by atomic mass is 16.2. The van der Waals surface area contributed by atoms with Gasteiger partial charge in [-0.05, 0) is 110 Å². The summed E-state index contributed by atoms with van der Waals surface area (Å²) in [5, 5.41) is 51.2. The van der Waals surface area contributed by atoms with Crippen LogP contribution in [0, 0.1) is 22.1 Å². The Morgan fingerprint density at radius 1 is 0.494 bits per heavy atom. The number of nitrogens with zero attached hydrogens (tertiary/aromatic N) is 1. The molecule has 1 aliphatic heterocycles. The fraction of sp³-hybridized carbons (Fsp3) is 0.708. The van der Waals surface area contributed by atoms with Gasteiger partial charge < -0.3 is 104 Å². The van der Waals surface area contributed by atoms with E-state index >= 15 is 0 Å². The Bertz CT molecular complexity index is 2190. The molecule has 11 amide bonds. The summed E-state index contributed by atoms with van der Waals surface area (Å²) in [5.74, 6) is -10.3. The van der Waals surface area contributed by atoms with Crippen molar-refractivity contribution in [2.75, 3.05) is 39.8 Å². The lowest BCUT2D eigenvalue weighted by Gasteiger charge is -2.31. The molecule has 0 spiro atoms. The van der Waals surface area contributed by atoms with Crippen molar-refractivity contribution in [1.82, 2.24) is 63.4 Å². The number of guanidine groups is 3. The quantitative estimate of drug-likeness (QED) is 0.0154. The van der Waals surface area contributed by atoms with Gasteiger partial charge in [0.25, 0.3) is 0 Å². The second kappa shape index (κ2) is 37.7. The van der Waals surface area contributed by atoms with E-state index in [9.17, 15) is 52.7 Å². The normalized spacial score (nSPS) is 15.8. The van der Waals surface area contributed by atoms with Gasteiger partial charge in [0.2, 0.25) is 65.0 Å². The summed E-state index contributed by atoms with van der Waals surface area (Å²) in [4.78, 5) is 149. The van der Waals surface area contributed by atoms with E-state index in [1.165, 1.54) is 11.8 Å². The molecule has 0 radical (unpaired) electrons. The molecule has 1 rings (SSSR count). The summed E-state index contributed by atoms with van der Waals surface area (Å²) < 4.78 is 0. The van der Waals surface area contributed by atoms with Crippen LogP contribution in [0.1, 0.15) is 117 Å². The molecule has 0 aromatic carbocycles. The third-order valence-electron chi connectivity index (χ3n) is 12.9. The molecule has 0 saturated carbocycles. The first kappa shape index (κ1) is 70.9. The SMILES string of the molecule is CN[C@@H](CCCNC(=N)N)C(=O)N[C@@H](CCCNC(=N)N)C(=O)N1CCC[C@H]1C(=O)N[C@@H](CCC(N)=O)C(=O)N[C@@H](CCCNC(=N)N)C(=O)N[C@@H](CCC(N)=O)C(=O)N[C@@H](CCCCN)C(=O)N[C@@H](C)C(=O)N[C@H](C(N)=O)C(C)C. The van der Waals surface area contributed by atoms with E-state index in [1.807, 2.05) is 0 Å². The van der Waals surface area contributed by atoms with Crippen molar-refractivity contribution in [1.29, 1.82) is 16.2 Å². The standard InChI is InChI=1S/C48H90N22O11/c1-25(2)36(37(52)73)69-38(74)26(3)63-40(76)28(11-5-6-20-49)64-42(78)30(16-18-34(50)71)66-41(77)29(13-8-22-61-47(55)56)65-43(79)31(17-19-35(51)72)67-44(80)33-15-10-24-70(33)45(81)32(14-9-23-62-48(57)58)68-39(75)27(59-4)12-7-21-60-46(53)54/h25-33,36,59H,5-24,49H2,1-4H3,(H2,50,71)(H2,51,72)(H2,52,73)(H,63,76)(H,64,78)(H,65,79)(H,66,77)(H,67,80)(H,68,75)(H,69,74)(H4,53,54,60)(H4,55,56,61)(H4,57,58,62)/t26-,27-,28-,29-,30-,31-,32-,33-,36-/m0/s1. The average molecular weight is 1150 g/mol. The minimum absolute atomic E-state index is 0.000268. The zero-order chi connectivity index (χ0) is 61.4. The largest absolute Gasteiger partial charge is 0.370 e. The van der Waals surface area contributed by atoms with Crippen LogP contribution in [0.4, 0.5) is 0 Å². The first-order chi connectivity index (χ1) is 38.1. The van der Waals surface area contributed by atoms with Gasteiger partial charge in [0.05, 0.1) is 6.04 Å². The van der Waals surface area contributed by atoms with E-state index in [0.717, 1.165) is 0 Å². The van der Waals surface area contributed by atoms with Crippen LogP contribution >= 0.6 is 0 Å². The van der Waals surface area contributed by atoms with Crippen molar-refractivity contribution < 1.29 is 52.7 Å². The number of hydrogen-bond donors (Lipinski definition) is 21.